The van der Waals surface area contributed by atoms with Gasteiger partial charge in [0.2, 0.25) is 5.91 Å². The van der Waals surface area contributed by atoms with E-state index < -0.39 is 30.0 Å². The number of ether oxygens (including phenoxy) is 1. The highest BCUT2D eigenvalue weighted by molar-refractivity contribution is 5.93. The van der Waals surface area contributed by atoms with E-state index in [0.717, 1.165) is 19.4 Å². The van der Waals surface area contributed by atoms with Gasteiger partial charge < -0.3 is 19.1 Å². The van der Waals surface area contributed by atoms with Crippen LogP contribution in [0.5, 0.6) is 6.01 Å². The van der Waals surface area contributed by atoms with E-state index in [1.807, 2.05) is 13.8 Å². The molecule has 0 unspecified atom stereocenters. The van der Waals surface area contributed by atoms with Crippen LogP contribution >= 0.6 is 0 Å². The molecule has 0 spiro atoms. The SMILES string of the molecule is CC(C)c1noc(/C=C/C(=O)N2CCN(c3nc(OC[C@@]45CCCN4C[C@H](F)C5)nc4c(F)c(-c5ccccc5C(F)F)ncc34)C[C@@H]2CC#N)n1. The highest BCUT2D eigenvalue weighted by Crippen LogP contribution is 2.41. The van der Waals surface area contributed by atoms with Crippen molar-refractivity contribution >= 4 is 28.7 Å². The highest BCUT2D eigenvalue weighted by Gasteiger charge is 2.49. The third kappa shape index (κ3) is 6.76. The predicted molar refractivity (Wildman–Crippen MR) is 182 cm³/mol. The monoisotopic (exact) mass is 719 g/mol. The number of halogens is 4. The molecule has 272 valence electrons. The summed E-state index contributed by atoms with van der Waals surface area (Å²) in [6.45, 7) is 5.54. The van der Waals surface area contributed by atoms with Crippen molar-refractivity contribution in [3.05, 3.63) is 59.6 Å². The van der Waals surface area contributed by atoms with Crippen LogP contribution in [-0.4, -0.2) is 97.9 Å². The van der Waals surface area contributed by atoms with Gasteiger partial charge in [0.15, 0.2) is 11.6 Å². The third-order valence-electron chi connectivity index (χ3n) is 10.1. The summed E-state index contributed by atoms with van der Waals surface area (Å²) >= 11 is 0. The van der Waals surface area contributed by atoms with Crippen molar-refractivity contribution in [2.45, 2.75) is 69.6 Å². The number of hydrogen-bond acceptors (Lipinski definition) is 11. The summed E-state index contributed by atoms with van der Waals surface area (Å²) in [4.78, 5) is 36.5. The largest absolute Gasteiger partial charge is 0.461 e. The molecule has 3 aliphatic rings. The Labute approximate surface area is 297 Å². The number of nitriles is 1. The van der Waals surface area contributed by atoms with Crippen molar-refractivity contribution in [2.24, 2.45) is 0 Å². The van der Waals surface area contributed by atoms with Gasteiger partial charge in [-0.3, -0.25) is 14.7 Å². The number of nitrogens with zero attached hydrogens (tertiary/aromatic N) is 9. The molecule has 1 aromatic carbocycles. The summed E-state index contributed by atoms with van der Waals surface area (Å²) in [6, 6.07) is 6.95. The smallest absolute Gasteiger partial charge is 0.319 e. The second-order valence-corrected chi connectivity index (χ2v) is 13.7. The number of hydrogen-bond donors (Lipinski definition) is 0. The first kappa shape index (κ1) is 35.2. The molecule has 52 heavy (non-hydrogen) atoms. The van der Waals surface area contributed by atoms with Gasteiger partial charge in [0.05, 0.1) is 29.5 Å². The van der Waals surface area contributed by atoms with E-state index in [4.69, 9.17) is 9.26 Å². The Bertz CT molecular complexity index is 2040. The van der Waals surface area contributed by atoms with Gasteiger partial charge >= 0.3 is 6.01 Å². The zero-order valence-corrected chi connectivity index (χ0v) is 28.7. The molecule has 3 fully saturated rings. The molecule has 12 nitrogen and oxygen atoms in total. The molecular weight excluding hydrogens is 682 g/mol. The standard InChI is InChI=1S/C36H37F4N9O3/c1-21(2)33-43-27(52-46-33)8-9-28(50)49-15-14-47(19-23(49)10-12-41)34-26-17-42-30(24-6-3-4-7-25(24)32(39)40)29(38)31(26)44-35(45-34)51-20-36-11-5-13-48(36)18-22(37)16-36/h3-4,6-9,17,21-23,32H,5,10-11,13-16,18-20H2,1-2H3/b9-8+/t22-,23+,36+/m1/s1. The van der Waals surface area contributed by atoms with Crippen molar-refractivity contribution in [3.63, 3.8) is 0 Å². The zero-order valence-electron chi connectivity index (χ0n) is 28.7. The molecule has 0 radical (unpaired) electrons. The summed E-state index contributed by atoms with van der Waals surface area (Å²) < 4.78 is 70.3. The molecule has 0 N–H and O–H groups in total. The van der Waals surface area contributed by atoms with Gasteiger partial charge in [0, 0.05) is 68.0 Å². The van der Waals surface area contributed by atoms with Crippen LogP contribution in [0.2, 0.25) is 0 Å². The third-order valence-corrected chi connectivity index (χ3v) is 10.1. The number of piperazine rings is 1. The minimum Gasteiger partial charge on any atom is -0.461 e. The number of amides is 1. The fraction of sp³-hybridized carbons (Fsp3) is 0.472. The molecular formula is C36H37F4N9O3. The fourth-order valence-corrected chi connectivity index (χ4v) is 7.47. The summed E-state index contributed by atoms with van der Waals surface area (Å²) in [7, 11) is 0. The Morgan fingerprint density at radius 1 is 1.17 bits per heavy atom. The molecule has 6 heterocycles. The number of alkyl halides is 3. The number of benzene rings is 1. The lowest BCUT2D eigenvalue weighted by Crippen LogP contribution is -2.55. The van der Waals surface area contributed by atoms with Gasteiger partial charge in [-0.1, -0.05) is 43.3 Å². The normalized spacial score (nSPS) is 22.2. The first-order valence-corrected chi connectivity index (χ1v) is 17.3. The molecule has 0 saturated carbocycles. The number of carbonyl (C=O) groups is 1. The van der Waals surface area contributed by atoms with Crippen LogP contribution in [0.25, 0.3) is 28.2 Å². The Kier molecular flexibility index (Phi) is 9.80. The predicted octanol–water partition coefficient (Wildman–Crippen LogP) is 5.87. The maximum absolute atomic E-state index is 16.5. The van der Waals surface area contributed by atoms with E-state index in [1.165, 1.54) is 42.6 Å². The minimum absolute atomic E-state index is 0.00949. The van der Waals surface area contributed by atoms with Gasteiger partial charge in [0.1, 0.15) is 29.8 Å². The van der Waals surface area contributed by atoms with Crippen molar-refractivity contribution in [1.29, 1.82) is 5.26 Å². The quantitative estimate of drug-likeness (QED) is 0.144. The number of rotatable bonds is 10. The van der Waals surface area contributed by atoms with Crippen LogP contribution in [0, 0.1) is 17.1 Å². The number of anilines is 1. The number of pyridine rings is 1. The maximum Gasteiger partial charge on any atom is 0.319 e. The van der Waals surface area contributed by atoms with Crippen molar-refractivity contribution in [2.75, 3.05) is 44.2 Å². The fourth-order valence-electron chi connectivity index (χ4n) is 7.47. The van der Waals surface area contributed by atoms with Gasteiger partial charge in [-0.2, -0.15) is 20.2 Å². The van der Waals surface area contributed by atoms with E-state index in [0.29, 0.717) is 18.8 Å². The molecule has 3 saturated heterocycles. The van der Waals surface area contributed by atoms with Crippen LogP contribution in [0.1, 0.15) is 69.2 Å². The molecule has 3 atom stereocenters. The van der Waals surface area contributed by atoms with E-state index in [-0.39, 0.29) is 89.9 Å². The maximum atomic E-state index is 16.5. The molecule has 16 heteroatoms. The molecule has 4 aromatic rings. The topological polar surface area (TPSA) is 137 Å². The van der Waals surface area contributed by atoms with E-state index in [2.05, 4.69) is 36.1 Å². The van der Waals surface area contributed by atoms with Crippen LogP contribution in [-0.2, 0) is 4.79 Å². The van der Waals surface area contributed by atoms with Gasteiger partial charge in [-0.05, 0) is 19.4 Å². The molecule has 0 aliphatic carbocycles. The van der Waals surface area contributed by atoms with Crippen LogP contribution in [0.4, 0.5) is 23.4 Å². The van der Waals surface area contributed by atoms with Crippen molar-refractivity contribution in [1.82, 2.24) is 34.9 Å². The Morgan fingerprint density at radius 2 is 2.00 bits per heavy atom. The molecule has 1 amide bonds. The Balaban J connectivity index is 1.22. The summed E-state index contributed by atoms with van der Waals surface area (Å²) in [5.41, 5.74) is -1.49. The average molecular weight is 720 g/mol. The lowest BCUT2D eigenvalue weighted by molar-refractivity contribution is -0.128. The lowest BCUT2D eigenvalue weighted by atomic mass is 9.95. The van der Waals surface area contributed by atoms with Gasteiger partial charge in [-0.25, -0.2) is 17.6 Å². The first-order valence-electron chi connectivity index (χ1n) is 17.3. The van der Waals surface area contributed by atoms with Crippen molar-refractivity contribution in [3.8, 4) is 23.3 Å². The molecule has 3 aliphatic heterocycles. The Morgan fingerprint density at radius 3 is 2.77 bits per heavy atom. The van der Waals surface area contributed by atoms with Gasteiger partial charge in [0.25, 0.3) is 12.3 Å². The second kappa shape index (κ2) is 14.5. The first-order chi connectivity index (χ1) is 25.1. The zero-order chi connectivity index (χ0) is 36.6. The molecule has 3 aromatic heterocycles. The van der Waals surface area contributed by atoms with Crippen LogP contribution in [0.3, 0.4) is 0 Å². The average Bonchev–Trinajstić information content (AvgIpc) is 3.84. The number of fused-ring (bicyclic) bond motifs is 2. The molecule has 0 bridgehead atoms. The van der Waals surface area contributed by atoms with E-state index in [1.54, 1.807) is 9.80 Å². The Hall–Kier alpha value is -5.17. The van der Waals surface area contributed by atoms with Crippen LogP contribution in [0.15, 0.2) is 41.1 Å². The van der Waals surface area contributed by atoms with E-state index >= 15 is 4.39 Å². The van der Waals surface area contributed by atoms with Crippen molar-refractivity contribution < 1.29 is 31.6 Å². The summed E-state index contributed by atoms with van der Waals surface area (Å²) in [5.74, 6) is -0.317. The second-order valence-electron chi connectivity index (χ2n) is 13.7. The summed E-state index contributed by atoms with van der Waals surface area (Å²) in [5, 5.41) is 13.8. The number of carbonyl (C=O) groups excluding carboxylic acids is 1. The lowest BCUT2D eigenvalue weighted by Gasteiger charge is -2.41. The highest BCUT2D eigenvalue weighted by atomic mass is 19.3. The number of aromatic nitrogens is 5. The van der Waals surface area contributed by atoms with Crippen LogP contribution < -0.4 is 9.64 Å². The molecule has 7 rings (SSSR count). The van der Waals surface area contributed by atoms with E-state index in [9.17, 15) is 23.2 Å². The minimum atomic E-state index is -2.87. The van der Waals surface area contributed by atoms with Gasteiger partial charge in [-0.15, -0.1) is 0 Å². The summed E-state index contributed by atoms with van der Waals surface area (Å²) in [6.07, 6.45) is 2.13.